The van der Waals surface area contributed by atoms with Crippen LogP contribution in [0.25, 0.3) is 0 Å². The van der Waals surface area contributed by atoms with Crippen molar-refractivity contribution in [2.24, 2.45) is 0 Å². The van der Waals surface area contributed by atoms with Crippen molar-refractivity contribution in [3.8, 4) is 5.75 Å². The largest absolute Gasteiger partial charge is 0.507 e. The average Bonchev–Trinajstić information content (AvgIpc) is 2.33. The van der Waals surface area contributed by atoms with Gasteiger partial charge in [0.25, 0.3) is 5.60 Å². The van der Waals surface area contributed by atoms with E-state index in [4.69, 9.17) is 5.11 Å². The molecule has 3 N–H and O–H groups in total. The van der Waals surface area contributed by atoms with Gasteiger partial charge in [-0.15, -0.1) is 0 Å². The van der Waals surface area contributed by atoms with Gasteiger partial charge in [-0.2, -0.15) is 13.2 Å². The molecule has 0 bridgehead atoms. The van der Waals surface area contributed by atoms with E-state index in [1.54, 1.807) is 41.5 Å². The molecule has 1 rings (SSSR count). The second kappa shape index (κ2) is 5.65. The molecule has 0 heterocycles. The Hall–Kier alpha value is -1.76. The molecule has 1 aromatic carbocycles. The number of hydrogen-bond donors (Lipinski definition) is 3. The van der Waals surface area contributed by atoms with E-state index in [1.165, 1.54) is 6.07 Å². The Morgan fingerprint density at radius 2 is 1.33 bits per heavy atom. The van der Waals surface area contributed by atoms with Crippen LogP contribution in [0, 0.1) is 0 Å². The normalized spacial score (nSPS) is 15.9. The third kappa shape index (κ3) is 3.36. The SMILES string of the molecule is CC(C)(C)c1cc(C(C)(C)C)c(O)c([C@](O)(C(=O)O)C(F)(F)F)c1. The van der Waals surface area contributed by atoms with Crippen LogP contribution in [0.4, 0.5) is 13.2 Å². The number of alkyl halides is 3. The van der Waals surface area contributed by atoms with Crippen molar-refractivity contribution in [2.45, 2.75) is 64.1 Å². The molecule has 136 valence electrons. The zero-order chi connectivity index (χ0) is 19.3. The Labute approximate surface area is 138 Å². The van der Waals surface area contributed by atoms with Crippen LogP contribution < -0.4 is 0 Å². The van der Waals surface area contributed by atoms with E-state index < -0.39 is 39.9 Å². The number of benzene rings is 1. The first-order chi connectivity index (χ1) is 10.4. The van der Waals surface area contributed by atoms with Crippen molar-refractivity contribution in [3.63, 3.8) is 0 Å². The van der Waals surface area contributed by atoms with E-state index in [1.807, 2.05) is 0 Å². The number of aromatic hydroxyl groups is 1. The van der Waals surface area contributed by atoms with Crippen LogP contribution >= 0.6 is 0 Å². The van der Waals surface area contributed by atoms with Gasteiger partial charge >= 0.3 is 12.1 Å². The molecule has 24 heavy (non-hydrogen) atoms. The molecule has 0 spiro atoms. The van der Waals surface area contributed by atoms with Gasteiger partial charge in [0.1, 0.15) is 5.75 Å². The fourth-order valence-corrected chi connectivity index (χ4v) is 2.30. The fraction of sp³-hybridized carbons (Fsp3) is 0.588. The lowest BCUT2D eigenvalue weighted by atomic mass is 9.76. The second-order valence-corrected chi connectivity index (χ2v) is 7.93. The first-order valence-corrected chi connectivity index (χ1v) is 7.35. The topological polar surface area (TPSA) is 77.8 Å². The van der Waals surface area contributed by atoms with Crippen molar-refractivity contribution in [1.29, 1.82) is 0 Å². The molecule has 0 aliphatic carbocycles. The van der Waals surface area contributed by atoms with Gasteiger partial charge in [-0.1, -0.05) is 47.6 Å². The summed E-state index contributed by atoms with van der Waals surface area (Å²) in [5.41, 5.74) is -6.13. The Morgan fingerprint density at radius 1 is 0.917 bits per heavy atom. The molecule has 0 aromatic heterocycles. The van der Waals surface area contributed by atoms with Gasteiger partial charge in [0.05, 0.1) is 0 Å². The molecule has 0 radical (unpaired) electrons. The standard InChI is InChI=1S/C17H23F3O4/c1-14(2,3)9-7-10(15(4,5)6)12(21)11(8-9)16(24,13(22)23)17(18,19)20/h7-8,21,24H,1-6H3,(H,22,23)/t16-/m0/s1. The lowest BCUT2D eigenvalue weighted by Gasteiger charge is -2.32. The van der Waals surface area contributed by atoms with E-state index in [-0.39, 0.29) is 5.56 Å². The molecule has 0 amide bonds. The molecule has 4 nitrogen and oxygen atoms in total. The summed E-state index contributed by atoms with van der Waals surface area (Å²) in [4.78, 5) is 11.3. The lowest BCUT2D eigenvalue weighted by molar-refractivity contribution is -0.265. The molecule has 0 aliphatic heterocycles. The highest BCUT2D eigenvalue weighted by Gasteiger charge is 2.63. The van der Waals surface area contributed by atoms with E-state index in [0.717, 1.165) is 6.07 Å². The molecule has 0 saturated heterocycles. The van der Waals surface area contributed by atoms with Gasteiger partial charge in [-0.05, 0) is 28.0 Å². The number of phenolic OH excluding ortho intramolecular Hbond substituents is 1. The third-order valence-corrected chi connectivity index (χ3v) is 3.89. The molecule has 0 saturated carbocycles. The maximum Gasteiger partial charge on any atom is 0.432 e. The van der Waals surface area contributed by atoms with Gasteiger partial charge in [-0.3, -0.25) is 0 Å². The Morgan fingerprint density at radius 3 is 1.62 bits per heavy atom. The summed E-state index contributed by atoms with van der Waals surface area (Å²) in [5.74, 6) is -3.35. The molecule has 0 unspecified atom stereocenters. The molecule has 0 fully saturated rings. The minimum atomic E-state index is -5.50. The number of carboxylic acids is 1. The number of halogens is 3. The molecular weight excluding hydrogens is 325 g/mol. The average molecular weight is 348 g/mol. The predicted octanol–water partition coefficient (Wildman–Crippen LogP) is 3.82. The highest BCUT2D eigenvalue weighted by Crippen LogP contribution is 2.47. The Balaban J connectivity index is 3.98. The maximum absolute atomic E-state index is 13.3. The number of aliphatic hydroxyl groups is 1. The van der Waals surface area contributed by atoms with Crippen LogP contribution in [0.5, 0.6) is 5.75 Å². The molecule has 7 heteroatoms. The van der Waals surface area contributed by atoms with Crippen molar-refractivity contribution < 1.29 is 33.3 Å². The summed E-state index contributed by atoms with van der Waals surface area (Å²) in [6, 6.07) is 2.45. The number of carbonyl (C=O) groups is 1. The monoisotopic (exact) mass is 348 g/mol. The Kier molecular flexibility index (Phi) is 4.78. The highest BCUT2D eigenvalue weighted by molar-refractivity contribution is 5.82. The van der Waals surface area contributed by atoms with Crippen molar-refractivity contribution in [2.75, 3.05) is 0 Å². The van der Waals surface area contributed by atoms with Crippen LogP contribution in [-0.4, -0.2) is 27.5 Å². The van der Waals surface area contributed by atoms with Crippen LogP contribution in [0.3, 0.4) is 0 Å². The van der Waals surface area contributed by atoms with Gasteiger partial charge < -0.3 is 15.3 Å². The zero-order valence-electron chi connectivity index (χ0n) is 14.5. The number of phenols is 1. The van der Waals surface area contributed by atoms with Crippen molar-refractivity contribution in [1.82, 2.24) is 0 Å². The van der Waals surface area contributed by atoms with Gasteiger partial charge in [0.15, 0.2) is 0 Å². The summed E-state index contributed by atoms with van der Waals surface area (Å²) in [5, 5.41) is 29.4. The van der Waals surface area contributed by atoms with E-state index >= 15 is 0 Å². The minimum absolute atomic E-state index is 0.133. The van der Waals surface area contributed by atoms with E-state index in [9.17, 15) is 28.2 Å². The van der Waals surface area contributed by atoms with Gasteiger partial charge in [0, 0.05) is 5.56 Å². The lowest BCUT2D eigenvalue weighted by Crippen LogP contribution is -2.49. The number of hydrogen-bond acceptors (Lipinski definition) is 3. The third-order valence-electron chi connectivity index (χ3n) is 3.89. The van der Waals surface area contributed by atoms with Crippen molar-refractivity contribution >= 4 is 5.97 Å². The van der Waals surface area contributed by atoms with Gasteiger partial charge in [-0.25, -0.2) is 4.79 Å². The van der Waals surface area contributed by atoms with Crippen LogP contribution in [0.1, 0.15) is 58.2 Å². The second-order valence-electron chi connectivity index (χ2n) is 7.93. The number of rotatable bonds is 2. The summed E-state index contributed by atoms with van der Waals surface area (Å²) >= 11 is 0. The zero-order valence-corrected chi connectivity index (χ0v) is 14.5. The van der Waals surface area contributed by atoms with Crippen LogP contribution in [0.15, 0.2) is 12.1 Å². The maximum atomic E-state index is 13.3. The fourth-order valence-electron chi connectivity index (χ4n) is 2.30. The first kappa shape index (κ1) is 20.3. The minimum Gasteiger partial charge on any atom is -0.507 e. The summed E-state index contributed by atoms with van der Waals surface area (Å²) < 4.78 is 40.0. The highest BCUT2D eigenvalue weighted by atomic mass is 19.4. The predicted molar refractivity (Wildman–Crippen MR) is 83.1 cm³/mol. The van der Waals surface area contributed by atoms with E-state index in [2.05, 4.69) is 0 Å². The number of carboxylic acid groups (broad SMARTS) is 1. The summed E-state index contributed by atoms with van der Waals surface area (Å²) in [7, 11) is 0. The summed E-state index contributed by atoms with van der Waals surface area (Å²) in [6.45, 7) is 10.2. The first-order valence-electron chi connectivity index (χ1n) is 7.35. The molecule has 1 atom stereocenters. The molecule has 0 aliphatic rings. The van der Waals surface area contributed by atoms with Gasteiger partial charge in [0.2, 0.25) is 0 Å². The van der Waals surface area contributed by atoms with Crippen molar-refractivity contribution in [3.05, 3.63) is 28.8 Å². The smallest absolute Gasteiger partial charge is 0.432 e. The Bertz CT molecular complexity index is 652. The molecule has 1 aromatic rings. The summed E-state index contributed by atoms with van der Waals surface area (Å²) in [6.07, 6.45) is -5.50. The number of aliphatic carboxylic acids is 1. The van der Waals surface area contributed by atoms with Crippen LogP contribution in [-0.2, 0) is 21.2 Å². The van der Waals surface area contributed by atoms with Crippen LogP contribution in [0.2, 0.25) is 0 Å². The quantitative estimate of drug-likeness (QED) is 0.759. The van der Waals surface area contributed by atoms with E-state index in [0.29, 0.717) is 5.56 Å². The molecular formula is C17H23F3O4.